The summed E-state index contributed by atoms with van der Waals surface area (Å²) < 4.78 is 4.71. The summed E-state index contributed by atoms with van der Waals surface area (Å²) >= 11 is 0. The number of aromatic amines is 2. The van der Waals surface area contributed by atoms with Gasteiger partial charge in [-0.25, -0.2) is 9.59 Å². The number of rotatable bonds is 1. The second kappa shape index (κ2) is 3.74. The first-order valence-electron chi connectivity index (χ1n) is 4.55. The quantitative estimate of drug-likeness (QED) is 0.594. The summed E-state index contributed by atoms with van der Waals surface area (Å²) in [5.41, 5.74) is -2.74. The molecule has 0 saturated heterocycles. The first-order chi connectivity index (χ1) is 7.97. The van der Waals surface area contributed by atoms with Gasteiger partial charge in [0.25, 0.3) is 5.56 Å². The van der Waals surface area contributed by atoms with E-state index in [0.29, 0.717) is 0 Å². The standard InChI is InChI=1S/C9H7N3O5/c1-3(13)10-5-2-4-6(14)11-9(16)12-7(4)17-8(5)15/h2H,1H3,(H,10,13)(H2,11,12,14,16). The van der Waals surface area contributed by atoms with Crippen molar-refractivity contribution in [2.75, 3.05) is 5.32 Å². The molecular weight excluding hydrogens is 230 g/mol. The van der Waals surface area contributed by atoms with Crippen LogP contribution in [0.4, 0.5) is 5.69 Å². The van der Waals surface area contributed by atoms with Crippen LogP contribution in [0.25, 0.3) is 11.1 Å². The molecule has 0 radical (unpaired) electrons. The van der Waals surface area contributed by atoms with Crippen LogP contribution >= 0.6 is 0 Å². The maximum absolute atomic E-state index is 11.4. The smallest absolute Gasteiger partial charge is 0.361 e. The van der Waals surface area contributed by atoms with E-state index in [-0.39, 0.29) is 16.8 Å². The third-order valence-corrected chi connectivity index (χ3v) is 1.96. The van der Waals surface area contributed by atoms with Crippen LogP contribution in [-0.4, -0.2) is 15.9 Å². The van der Waals surface area contributed by atoms with Gasteiger partial charge in [0.1, 0.15) is 11.1 Å². The van der Waals surface area contributed by atoms with Gasteiger partial charge in [0.2, 0.25) is 11.6 Å². The number of carbonyl (C=O) groups excluding carboxylic acids is 1. The highest BCUT2D eigenvalue weighted by Gasteiger charge is 2.09. The molecule has 2 aromatic rings. The molecule has 3 N–H and O–H groups in total. The van der Waals surface area contributed by atoms with Gasteiger partial charge in [-0.15, -0.1) is 0 Å². The summed E-state index contributed by atoms with van der Waals surface area (Å²) in [6, 6.07) is 1.14. The molecule has 0 aliphatic heterocycles. The number of anilines is 1. The van der Waals surface area contributed by atoms with Crippen molar-refractivity contribution in [2.24, 2.45) is 0 Å². The maximum atomic E-state index is 11.4. The van der Waals surface area contributed by atoms with Gasteiger partial charge < -0.3 is 9.73 Å². The van der Waals surface area contributed by atoms with Gasteiger partial charge in [-0.1, -0.05) is 0 Å². The zero-order valence-electron chi connectivity index (χ0n) is 8.62. The average Bonchev–Trinajstić information content (AvgIpc) is 2.19. The van der Waals surface area contributed by atoms with E-state index >= 15 is 0 Å². The largest absolute Gasteiger partial charge is 0.404 e. The average molecular weight is 237 g/mol. The predicted octanol–water partition coefficient (Wildman–Crippen LogP) is -0.872. The molecule has 2 heterocycles. The minimum Gasteiger partial charge on any atom is -0.404 e. The molecule has 0 unspecified atom stereocenters. The fourth-order valence-electron chi connectivity index (χ4n) is 1.31. The molecular formula is C9H7N3O5. The van der Waals surface area contributed by atoms with Crippen molar-refractivity contribution in [1.82, 2.24) is 9.97 Å². The van der Waals surface area contributed by atoms with Crippen LogP contribution in [0, 0.1) is 0 Å². The lowest BCUT2D eigenvalue weighted by Crippen LogP contribution is -2.24. The van der Waals surface area contributed by atoms with Crippen molar-refractivity contribution >= 4 is 22.7 Å². The van der Waals surface area contributed by atoms with Gasteiger partial charge >= 0.3 is 11.3 Å². The second-order valence-electron chi connectivity index (χ2n) is 3.28. The Labute approximate surface area is 92.3 Å². The summed E-state index contributed by atoms with van der Waals surface area (Å²) in [6.07, 6.45) is 0. The fraction of sp³-hybridized carbons (Fsp3) is 0.111. The molecule has 1 amide bonds. The van der Waals surface area contributed by atoms with Crippen LogP contribution in [0.2, 0.25) is 0 Å². The lowest BCUT2D eigenvalue weighted by molar-refractivity contribution is -0.114. The van der Waals surface area contributed by atoms with Crippen molar-refractivity contribution in [1.29, 1.82) is 0 Å². The fourth-order valence-corrected chi connectivity index (χ4v) is 1.31. The van der Waals surface area contributed by atoms with E-state index < -0.39 is 22.8 Å². The normalized spacial score (nSPS) is 10.4. The number of nitrogens with one attached hydrogen (secondary N) is 3. The van der Waals surface area contributed by atoms with E-state index in [0.717, 1.165) is 6.07 Å². The van der Waals surface area contributed by atoms with E-state index in [2.05, 4.69) is 10.3 Å². The minimum absolute atomic E-state index is 0.0343. The van der Waals surface area contributed by atoms with Gasteiger partial charge in [-0.3, -0.25) is 19.6 Å². The molecule has 0 spiro atoms. The van der Waals surface area contributed by atoms with Crippen LogP contribution in [-0.2, 0) is 4.79 Å². The topological polar surface area (TPSA) is 125 Å². The minimum atomic E-state index is -0.853. The molecule has 0 fully saturated rings. The summed E-state index contributed by atoms with van der Waals surface area (Å²) in [5, 5.41) is 2.18. The Balaban J connectivity index is 2.81. The van der Waals surface area contributed by atoms with Crippen molar-refractivity contribution in [3.05, 3.63) is 37.3 Å². The molecule has 17 heavy (non-hydrogen) atoms. The number of aromatic nitrogens is 2. The van der Waals surface area contributed by atoms with Crippen LogP contribution in [0.3, 0.4) is 0 Å². The number of carbonyl (C=O) groups is 1. The Morgan fingerprint density at radius 1 is 1.29 bits per heavy atom. The third kappa shape index (κ3) is 2.00. The number of amides is 1. The first-order valence-corrected chi connectivity index (χ1v) is 4.55. The van der Waals surface area contributed by atoms with E-state index in [9.17, 15) is 19.2 Å². The van der Waals surface area contributed by atoms with Crippen LogP contribution < -0.4 is 22.2 Å². The number of hydrogen-bond donors (Lipinski definition) is 3. The molecule has 0 bridgehead atoms. The Morgan fingerprint density at radius 2 is 2.00 bits per heavy atom. The van der Waals surface area contributed by atoms with Gasteiger partial charge in [0.05, 0.1) is 0 Å². The molecule has 0 saturated carbocycles. The van der Waals surface area contributed by atoms with Crippen LogP contribution in [0.5, 0.6) is 0 Å². The van der Waals surface area contributed by atoms with Crippen molar-refractivity contribution in [2.45, 2.75) is 6.92 Å². The van der Waals surface area contributed by atoms with E-state index in [1.807, 2.05) is 4.98 Å². The summed E-state index contributed by atoms with van der Waals surface area (Å²) in [7, 11) is 0. The second-order valence-corrected chi connectivity index (χ2v) is 3.28. The molecule has 88 valence electrons. The maximum Gasteiger partial charge on any atom is 0.361 e. The highest BCUT2D eigenvalue weighted by atomic mass is 16.4. The first kappa shape index (κ1) is 10.9. The van der Waals surface area contributed by atoms with E-state index in [1.54, 1.807) is 0 Å². The zero-order chi connectivity index (χ0) is 12.6. The molecule has 0 aliphatic carbocycles. The molecule has 2 rings (SSSR count). The Hall–Kier alpha value is -2.64. The summed E-state index contributed by atoms with van der Waals surface area (Å²) in [6.45, 7) is 1.21. The lowest BCUT2D eigenvalue weighted by atomic mass is 10.3. The molecule has 0 aliphatic rings. The molecule has 8 heteroatoms. The van der Waals surface area contributed by atoms with Crippen molar-refractivity contribution < 1.29 is 9.21 Å². The van der Waals surface area contributed by atoms with Gasteiger partial charge in [-0.05, 0) is 6.07 Å². The van der Waals surface area contributed by atoms with E-state index in [1.165, 1.54) is 6.92 Å². The Bertz CT molecular complexity index is 767. The zero-order valence-corrected chi connectivity index (χ0v) is 8.62. The Kier molecular flexibility index (Phi) is 2.39. The van der Waals surface area contributed by atoms with Crippen LogP contribution in [0.1, 0.15) is 6.92 Å². The van der Waals surface area contributed by atoms with Gasteiger partial charge in [-0.2, -0.15) is 0 Å². The Morgan fingerprint density at radius 3 is 2.65 bits per heavy atom. The monoisotopic (exact) mass is 237 g/mol. The van der Waals surface area contributed by atoms with E-state index in [4.69, 9.17) is 4.42 Å². The number of H-pyrrole nitrogens is 2. The van der Waals surface area contributed by atoms with Crippen molar-refractivity contribution in [3.8, 4) is 0 Å². The SMILES string of the molecule is CC(=O)Nc1cc2c(=O)[nH]c(=O)[nH]c2oc1=O. The highest BCUT2D eigenvalue weighted by Crippen LogP contribution is 2.07. The van der Waals surface area contributed by atoms with Gasteiger partial charge in [0.15, 0.2) is 0 Å². The lowest BCUT2D eigenvalue weighted by Gasteiger charge is -2.00. The number of fused-ring (bicyclic) bond motifs is 1. The summed E-state index contributed by atoms with van der Waals surface area (Å²) in [4.78, 5) is 48.6. The molecule has 0 atom stereocenters. The van der Waals surface area contributed by atoms with Gasteiger partial charge in [0, 0.05) is 6.92 Å². The summed E-state index contributed by atoms with van der Waals surface area (Å²) in [5.74, 6) is -0.475. The molecule has 2 aromatic heterocycles. The molecule has 0 aromatic carbocycles. The number of hydrogen-bond acceptors (Lipinski definition) is 5. The van der Waals surface area contributed by atoms with Crippen LogP contribution in [0.15, 0.2) is 24.9 Å². The predicted molar refractivity (Wildman–Crippen MR) is 58.0 cm³/mol. The third-order valence-electron chi connectivity index (χ3n) is 1.96. The highest BCUT2D eigenvalue weighted by molar-refractivity contribution is 5.90. The molecule has 8 nitrogen and oxygen atoms in total. The van der Waals surface area contributed by atoms with Crippen molar-refractivity contribution in [3.63, 3.8) is 0 Å².